The molecule has 1 aliphatic carbocycles. The lowest BCUT2D eigenvalue weighted by Gasteiger charge is -2.37. The van der Waals surface area contributed by atoms with E-state index in [1.165, 1.54) is 5.69 Å². The summed E-state index contributed by atoms with van der Waals surface area (Å²) in [6, 6.07) is 20.7. The quantitative estimate of drug-likeness (QED) is 0.132. The van der Waals surface area contributed by atoms with Crippen molar-refractivity contribution in [2.24, 2.45) is 11.8 Å². The molecule has 0 bridgehead atoms. The molecule has 6 rings (SSSR count). The second kappa shape index (κ2) is 17.3. The van der Waals surface area contributed by atoms with E-state index in [2.05, 4.69) is 36.7 Å². The third-order valence-electron chi connectivity index (χ3n) is 9.36. The van der Waals surface area contributed by atoms with Gasteiger partial charge in [0, 0.05) is 56.4 Å². The third-order valence-corrected chi connectivity index (χ3v) is 10.8. The van der Waals surface area contributed by atoms with Gasteiger partial charge in [-0.2, -0.15) is 31.3 Å². The summed E-state index contributed by atoms with van der Waals surface area (Å²) in [5, 5.41) is 4.40. The summed E-state index contributed by atoms with van der Waals surface area (Å²) >= 11 is 0. The van der Waals surface area contributed by atoms with Gasteiger partial charge in [0.2, 0.25) is 16.0 Å². The van der Waals surface area contributed by atoms with E-state index in [0.717, 1.165) is 73.9 Å². The van der Waals surface area contributed by atoms with Crippen LogP contribution in [0, 0.1) is 11.8 Å². The molecule has 294 valence electrons. The van der Waals surface area contributed by atoms with Gasteiger partial charge in [-0.3, -0.25) is 0 Å². The van der Waals surface area contributed by atoms with Gasteiger partial charge in [-0.1, -0.05) is 37.8 Å². The molecule has 1 saturated heterocycles. The minimum Gasteiger partial charge on any atom is -0.484 e. The van der Waals surface area contributed by atoms with Crippen LogP contribution in [0.3, 0.4) is 0 Å². The second-order valence-corrected chi connectivity index (χ2v) is 15.0. The Morgan fingerprint density at radius 3 is 1.98 bits per heavy atom. The third kappa shape index (κ3) is 11.0. The standard InChI is InChI=1S/C36H40F6N6O4S.CH4/c37-35(38,39)23-51-28-14-15-31(52-24-36(40,41)42)32(20-28)53(49,50)44-22-26-12-10-25(11-13-26)21-43-34-45-30-9-5-4-8-29(30)33(46-34)48-18-16-47(17-19-48)27-6-2-1-3-7-27;/h1-9,14-15,20,25-26,44H,10-13,16-19,21-24H2,(H,43,45,46);1H4. The molecule has 2 fully saturated rings. The van der Waals surface area contributed by atoms with Gasteiger partial charge < -0.3 is 24.6 Å². The summed E-state index contributed by atoms with van der Waals surface area (Å²) in [4.78, 5) is 13.6. The number of sulfonamides is 1. The molecule has 2 N–H and O–H groups in total. The first kappa shape index (κ1) is 40.7. The van der Waals surface area contributed by atoms with E-state index < -0.39 is 52.0 Å². The molecule has 0 unspecified atom stereocenters. The number of anilines is 3. The normalized spacial score (nSPS) is 18.3. The van der Waals surface area contributed by atoms with E-state index in [1.54, 1.807) is 0 Å². The zero-order valence-corrected chi connectivity index (χ0v) is 29.5. The molecule has 0 radical (unpaired) electrons. The molecular weight excluding hydrogens is 739 g/mol. The van der Waals surface area contributed by atoms with Crippen LogP contribution in [0.15, 0.2) is 77.7 Å². The Bertz CT molecular complexity index is 1940. The number of halogens is 6. The second-order valence-electron chi connectivity index (χ2n) is 13.2. The van der Waals surface area contributed by atoms with Crippen LogP contribution in [-0.2, 0) is 10.0 Å². The molecule has 54 heavy (non-hydrogen) atoms. The number of ether oxygens (including phenoxy) is 2. The summed E-state index contributed by atoms with van der Waals surface area (Å²) in [6.07, 6.45) is -6.56. The lowest BCUT2D eigenvalue weighted by molar-refractivity contribution is -0.154. The Balaban J connectivity index is 0.00000561. The number of hydrogen-bond acceptors (Lipinski definition) is 9. The zero-order chi connectivity index (χ0) is 37.6. The summed E-state index contributed by atoms with van der Waals surface area (Å²) in [6.45, 7) is 0.451. The van der Waals surface area contributed by atoms with Crippen molar-refractivity contribution in [3.05, 3.63) is 72.8 Å². The van der Waals surface area contributed by atoms with Crippen LogP contribution in [0.4, 0.5) is 43.8 Å². The highest BCUT2D eigenvalue weighted by molar-refractivity contribution is 7.89. The first-order chi connectivity index (χ1) is 25.2. The van der Waals surface area contributed by atoms with E-state index in [4.69, 9.17) is 14.7 Å². The topological polar surface area (TPSA) is 109 Å². The molecule has 2 heterocycles. The maximum atomic E-state index is 13.2. The number of alkyl halides is 6. The van der Waals surface area contributed by atoms with Crippen molar-refractivity contribution in [3.8, 4) is 11.5 Å². The summed E-state index contributed by atoms with van der Waals surface area (Å²) in [5.74, 6) is 0.472. The monoisotopic (exact) mass is 782 g/mol. The fourth-order valence-electron chi connectivity index (χ4n) is 6.61. The highest BCUT2D eigenvalue weighted by atomic mass is 32.2. The van der Waals surface area contributed by atoms with Gasteiger partial charge in [0.25, 0.3) is 0 Å². The highest BCUT2D eigenvalue weighted by Crippen LogP contribution is 2.33. The Hall–Kier alpha value is -4.51. The Labute approximate surface area is 310 Å². The molecule has 4 aromatic rings. The molecule has 1 aliphatic heterocycles. The minimum atomic E-state index is -4.77. The van der Waals surface area contributed by atoms with Crippen LogP contribution in [0.25, 0.3) is 10.9 Å². The lowest BCUT2D eigenvalue weighted by Crippen LogP contribution is -2.47. The Morgan fingerprint density at radius 1 is 0.722 bits per heavy atom. The molecular formula is C37H44F6N6O4S. The zero-order valence-electron chi connectivity index (χ0n) is 28.7. The summed E-state index contributed by atoms with van der Waals surface area (Å²) in [7, 11) is -4.48. The lowest BCUT2D eigenvalue weighted by atomic mass is 9.82. The molecule has 2 aliphatic rings. The molecule has 0 atom stereocenters. The summed E-state index contributed by atoms with van der Waals surface area (Å²) in [5.41, 5.74) is 2.03. The van der Waals surface area contributed by atoms with Gasteiger partial charge >= 0.3 is 12.4 Å². The van der Waals surface area contributed by atoms with E-state index in [9.17, 15) is 34.8 Å². The fraction of sp³-hybridized carbons (Fsp3) is 0.459. The van der Waals surface area contributed by atoms with Crippen molar-refractivity contribution >= 4 is 38.4 Å². The highest BCUT2D eigenvalue weighted by Gasteiger charge is 2.32. The summed E-state index contributed by atoms with van der Waals surface area (Å²) < 4.78 is 115. The van der Waals surface area contributed by atoms with E-state index in [1.807, 2.05) is 42.5 Å². The molecule has 3 aromatic carbocycles. The van der Waals surface area contributed by atoms with Crippen molar-refractivity contribution < 1.29 is 44.2 Å². The number of fused-ring (bicyclic) bond motifs is 1. The number of aromatic nitrogens is 2. The molecule has 10 nitrogen and oxygen atoms in total. The molecule has 1 aromatic heterocycles. The smallest absolute Gasteiger partial charge is 0.422 e. The first-order valence-electron chi connectivity index (χ1n) is 17.3. The fourth-order valence-corrected chi connectivity index (χ4v) is 7.88. The van der Waals surface area contributed by atoms with Gasteiger partial charge in [-0.15, -0.1) is 0 Å². The number of benzene rings is 3. The van der Waals surface area contributed by atoms with Gasteiger partial charge in [-0.25, -0.2) is 18.1 Å². The molecule has 0 amide bonds. The van der Waals surface area contributed by atoms with Crippen molar-refractivity contribution in [1.82, 2.24) is 14.7 Å². The van der Waals surface area contributed by atoms with E-state index in [0.29, 0.717) is 25.3 Å². The van der Waals surface area contributed by atoms with Crippen LogP contribution in [0.2, 0.25) is 0 Å². The van der Waals surface area contributed by atoms with Crippen LogP contribution >= 0.6 is 0 Å². The van der Waals surface area contributed by atoms with Crippen LogP contribution in [-0.4, -0.2) is 83.2 Å². The van der Waals surface area contributed by atoms with Gasteiger partial charge in [0.1, 0.15) is 22.2 Å². The van der Waals surface area contributed by atoms with Gasteiger partial charge in [-0.05, 0) is 73.9 Å². The minimum absolute atomic E-state index is 0. The van der Waals surface area contributed by atoms with Crippen molar-refractivity contribution in [2.75, 3.05) is 67.6 Å². The van der Waals surface area contributed by atoms with E-state index in [-0.39, 0.29) is 25.8 Å². The van der Waals surface area contributed by atoms with Gasteiger partial charge in [0.15, 0.2) is 13.2 Å². The first-order valence-corrected chi connectivity index (χ1v) is 18.8. The Kier molecular flexibility index (Phi) is 13.0. The SMILES string of the molecule is C.O=S(=O)(NCC1CCC(CNc2nc(N3CCN(c4ccccc4)CC3)c3ccccc3n2)CC1)c1cc(OCC(F)(F)F)ccc1OCC(F)(F)F. The number of hydrogen-bond donors (Lipinski definition) is 2. The average molecular weight is 783 g/mol. The van der Waals surface area contributed by atoms with E-state index >= 15 is 0 Å². The van der Waals surface area contributed by atoms with Crippen LogP contribution in [0.5, 0.6) is 11.5 Å². The van der Waals surface area contributed by atoms with Crippen molar-refractivity contribution in [1.29, 1.82) is 0 Å². The maximum absolute atomic E-state index is 13.2. The Morgan fingerprint density at radius 2 is 1.31 bits per heavy atom. The molecule has 17 heteroatoms. The maximum Gasteiger partial charge on any atom is 0.422 e. The number of nitrogens with one attached hydrogen (secondary N) is 2. The van der Waals surface area contributed by atoms with Gasteiger partial charge in [0.05, 0.1) is 5.52 Å². The predicted octanol–water partition coefficient (Wildman–Crippen LogP) is 7.67. The van der Waals surface area contributed by atoms with Crippen molar-refractivity contribution in [3.63, 3.8) is 0 Å². The molecule has 0 spiro atoms. The average Bonchev–Trinajstić information content (AvgIpc) is 3.14. The predicted molar refractivity (Wildman–Crippen MR) is 196 cm³/mol. The van der Waals surface area contributed by atoms with Crippen LogP contribution < -0.4 is 29.3 Å². The largest absolute Gasteiger partial charge is 0.484 e. The van der Waals surface area contributed by atoms with Crippen molar-refractivity contribution in [2.45, 2.75) is 50.4 Å². The number of piperazine rings is 1. The number of para-hydroxylation sites is 2. The molecule has 1 saturated carbocycles. The number of nitrogens with zero attached hydrogens (tertiary/aromatic N) is 4. The van der Waals surface area contributed by atoms with Crippen LogP contribution in [0.1, 0.15) is 33.1 Å². The number of rotatable bonds is 13.